The molecular formula is C8H13NO. The Morgan fingerprint density at radius 3 is 2.60 bits per heavy atom. The van der Waals surface area contributed by atoms with Crippen LogP contribution in [0.5, 0.6) is 0 Å². The summed E-state index contributed by atoms with van der Waals surface area (Å²) >= 11 is 0. The first kappa shape index (κ1) is 6.35. The first-order chi connectivity index (χ1) is 4.90. The molecule has 2 rings (SSSR count). The Labute approximate surface area is 61.2 Å². The third-order valence-electron chi connectivity index (χ3n) is 2.51. The van der Waals surface area contributed by atoms with Crippen molar-refractivity contribution in [3.8, 4) is 0 Å². The third-order valence-corrected chi connectivity index (χ3v) is 2.51. The van der Waals surface area contributed by atoms with Crippen LogP contribution in [0.25, 0.3) is 0 Å². The van der Waals surface area contributed by atoms with Crippen molar-refractivity contribution >= 4 is 6.29 Å². The number of hydrogen-bond acceptors (Lipinski definition) is 2. The van der Waals surface area contributed by atoms with Crippen LogP contribution in [-0.4, -0.2) is 30.3 Å². The molecule has 56 valence electrons. The van der Waals surface area contributed by atoms with Gasteiger partial charge in [-0.3, -0.25) is 4.90 Å². The summed E-state index contributed by atoms with van der Waals surface area (Å²) in [6.45, 7) is 2.20. The van der Waals surface area contributed by atoms with Crippen LogP contribution >= 0.6 is 0 Å². The van der Waals surface area contributed by atoms with Gasteiger partial charge < -0.3 is 4.79 Å². The van der Waals surface area contributed by atoms with Gasteiger partial charge in [-0.25, -0.2) is 0 Å². The van der Waals surface area contributed by atoms with Gasteiger partial charge in [0, 0.05) is 18.5 Å². The van der Waals surface area contributed by atoms with Gasteiger partial charge >= 0.3 is 0 Å². The minimum Gasteiger partial charge on any atom is -0.303 e. The zero-order valence-corrected chi connectivity index (χ0v) is 6.12. The van der Waals surface area contributed by atoms with Crippen LogP contribution in [0, 0.1) is 5.92 Å². The number of hydrogen-bond donors (Lipinski definition) is 0. The van der Waals surface area contributed by atoms with E-state index in [0.29, 0.717) is 5.92 Å². The first-order valence-electron chi connectivity index (χ1n) is 4.09. The Morgan fingerprint density at radius 1 is 1.30 bits per heavy atom. The molecule has 2 aliphatic rings. The maximum Gasteiger partial charge on any atom is 0.124 e. The molecule has 0 aromatic rings. The molecule has 1 aliphatic carbocycles. The van der Waals surface area contributed by atoms with Gasteiger partial charge in [-0.2, -0.15) is 0 Å². The zero-order chi connectivity index (χ0) is 6.97. The molecule has 1 aliphatic heterocycles. The molecule has 2 heteroatoms. The largest absolute Gasteiger partial charge is 0.303 e. The van der Waals surface area contributed by atoms with E-state index in [1.165, 1.54) is 12.8 Å². The molecule has 1 saturated carbocycles. The molecule has 0 bridgehead atoms. The lowest BCUT2D eigenvalue weighted by Crippen LogP contribution is -2.22. The second-order valence-electron chi connectivity index (χ2n) is 3.41. The van der Waals surface area contributed by atoms with Crippen molar-refractivity contribution in [1.29, 1.82) is 0 Å². The molecule has 0 amide bonds. The lowest BCUT2D eigenvalue weighted by molar-refractivity contribution is -0.110. The van der Waals surface area contributed by atoms with Crippen LogP contribution in [0.3, 0.4) is 0 Å². The van der Waals surface area contributed by atoms with E-state index in [-0.39, 0.29) is 0 Å². The highest BCUT2D eigenvalue weighted by molar-refractivity contribution is 5.54. The van der Waals surface area contributed by atoms with E-state index in [0.717, 1.165) is 31.8 Å². The number of likely N-dealkylation sites (tertiary alicyclic amines) is 1. The summed E-state index contributed by atoms with van der Waals surface area (Å²) in [5.41, 5.74) is 0. The minimum atomic E-state index is 0.348. The van der Waals surface area contributed by atoms with E-state index in [1.54, 1.807) is 0 Å². The molecule has 0 spiro atoms. The Kier molecular flexibility index (Phi) is 1.49. The van der Waals surface area contributed by atoms with Gasteiger partial charge in [0.25, 0.3) is 0 Å². The summed E-state index contributed by atoms with van der Waals surface area (Å²) < 4.78 is 0. The molecule has 1 atom stereocenters. The molecule has 2 nitrogen and oxygen atoms in total. The molecule has 0 N–H and O–H groups in total. The highest BCUT2D eigenvalue weighted by Gasteiger charge is 2.33. The predicted octanol–water partition coefficient (Wildman–Crippen LogP) is 0.670. The van der Waals surface area contributed by atoms with Crippen molar-refractivity contribution in [3.05, 3.63) is 0 Å². The molecular weight excluding hydrogens is 126 g/mol. The molecule has 0 aromatic heterocycles. The highest BCUT2D eigenvalue weighted by atomic mass is 16.1. The summed E-state index contributed by atoms with van der Waals surface area (Å²) in [5.74, 6) is 0.348. The number of carbonyl (C=O) groups excluding carboxylic acids is 1. The summed E-state index contributed by atoms with van der Waals surface area (Å²) in [7, 11) is 0. The van der Waals surface area contributed by atoms with Gasteiger partial charge in [-0.15, -0.1) is 0 Å². The molecule has 10 heavy (non-hydrogen) atoms. The molecule has 1 heterocycles. The minimum absolute atomic E-state index is 0.348. The Hall–Kier alpha value is -0.370. The first-order valence-corrected chi connectivity index (χ1v) is 4.09. The van der Waals surface area contributed by atoms with Crippen LogP contribution < -0.4 is 0 Å². The zero-order valence-electron chi connectivity index (χ0n) is 6.12. The predicted molar refractivity (Wildman–Crippen MR) is 38.8 cm³/mol. The number of rotatable bonds is 2. The lowest BCUT2D eigenvalue weighted by Gasteiger charge is -2.12. The Balaban J connectivity index is 1.86. The number of nitrogens with zero attached hydrogens (tertiary/aromatic N) is 1. The Morgan fingerprint density at radius 2 is 2.10 bits per heavy atom. The number of carbonyl (C=O) groups is 1. The van der Waals surface area contributed by atoms with Crippen molar-refractivity contribution in [1.82, 2.24) is 4.90 Å². The fourth-order valence-electron chi connectivity index (χ4n) is 1.70. The van der Waals surface area contributed by atoms with Crippen LogP contribution in [0.4, 0.5) is 0 Å². The summed E-state index contributed by atoms with van der Waals surface area (Å²) in [6.07, 6.45) is 4.94. The van der Waals surface area contributed by atoms with Gasteiger partial charge in [0.2, 0.25) is 0 Å². The van der Waals surface area contributed by atoms with Crippen LogP contribution in [-0.2, 0) is 4.79 Å². The van der Waals surface area contributed by atoms with Crippen molar-refractivity contribution < 1.29 is 4.79 Å². The van der Waals surface area contributed by atoms with Crippen LogP contribution in [0.15, 0.2) is 0 Å². The molecule has 0 unspecified atom stereocenters. The van der Waals surface area contributed by atoms with Crippen LogP contribution in [0.1, 0.15) is 19.3 Å². The maximum absolute atomic E-state index is 10.4. The lowest BCUT2D eigenvalue weighted by atomic mass is 10.1. The van der Waals surface area contributed by atoms with Gasteiger partial charge in [-0.05, 0) is 25.8 Å². The van der Waals surface area contributed by atoms with Crippen LogP contribution in [0.2, 0.25) is 0 Å². The van der Waals surface area contributed by atoms with Crippen molar-refractivity contribution in [3.63, 3.8) is 0 Å². The van der Waals surface area contributed by atoms with E-state index >= 15 is 0 Å². The summed E-state index contributed by atoms with van der Waals surface area (Å²) in [6, 6.07) is 0.852. The monoisotopic (exact) mass is 139 g/mol. The van der Waals surface area contributed by atoms with Gasteiger partial charge in [0.15, 0.2) is 0 Å². The smallest absolute Gasteiger partial charge is 0.124 e. The summed E-state index contributed by atoms with van der Waals surface area (Å²) in [4.78, 5) is 12.8. The van der Waals surface area contributed by atoms with Crippen molar-refractivity contribution in [2.24, 2.45) is 5.92 Å². The fraction of sp³-hybridized carbons (Fsp3) is 0.875. The van der Waals surface area contributed by atoms with Crippen molar-refractivity contribution in [2.45, 2.75) is 25.3 Å². The van der Waals surface area contributed by atoms with E-state index < -0.39 is 0 Å². The summed E-state index contributed by atoms with van der Waals surface area (Å²) in [5, 5.41) is 0. The molecule has 2 fully saturated rings. The van der Waals surface area contributed by atoms with Crippen molar-refractivity contribution in [2.75, 3.05) is 13.1 Å². The average Bonchev–Trinajstić information content (AvgIpc) is 2.70. The van der Waals surface area contributed by atoms with E-state index in [9.17, 15) is 4.79 Å². The van der Waals surface area contributed by atoms with Gasteiger partial charge in [0.05, 0.1) is 0 Å². The van der Waals surface area contributed by atoms with E-state index in [4.69, 9.17) is 0 Å². The van der Waals surface area contributed by atoms with Gasteiger partial charge in [-0.1, -0.05) is 0 Å². The maximum atomic E-state index is 10.4. The second kappa shape index (κ2) is 2.35. The third kappa shape index (κ3) is 1.08. The van der Waals surface area contributed by atoms with E-state index in [2.05, 4.69) is 4.90 Å². The fourth-order valence-corrected chi connectivity index (χ4v) is 1.70. The average molecular weight is 139 g/mol. The molecule has 0 radical (unpaired) electrons. The molecule has 1 saturated heterocycles. The Bertz CT molecular complexity index is 142. The normalized spacial score (nSPS) is 34.6. The second-order valence-corrected chi connectivity index (χ2v) is 3.41. The number of aldehydes is 1. The quantitative estimate of drug-likeness (QED) is 0.524. The van der Waals surface area contributed by atoms with Gasteiger partial charge in [0.1, 0.15) is 6.29 Å². The SMILES string of the molecule is O=C[C@@H]1CCN(C2CC2)C1. The highest BCUT2D eigenvalue weighted by Crippen LogP contribution is 2.30. The van der Waals surface area contributed by atoms with E-state index in [1.807, 2.05) is 0 Å². The molecule has 0 aromatic carbocycles. The standard InChI is InChI=1S/C8H13NO/c10-6-7-3-4-9(5-7)8-1-2-8/h6-8H,1-5H2/t7-/m1/s1. The topological polar surface area (TPSA) is 20.3 Å².